The van der Waals surface area contributed by atoms with Gasteiger partial charge in [-0.15, -0.1) is 11.3 Å². The van der Waals surface area contributed by atoms with Crippen LogP contribution in [0.2, 0.25) is 0 Å². The summed E-state index contributed by atoms with van der Waals surface area (Å²) >= 11 is 1.62. The van der Waals surface area contributed by atoms with Crippen LogP contribution in [0.15, 0.2) is 24.3 Å². The van der Waals surface area contributed by atoms with Crippen LogP contribution in [0.4, 0.5) is 5.00 Å². The molecule has 0 bridgehead atoms. The Balaban J connectivity index is 1.58. The highest BCUT2D eigenvalue weighted by atomic mass is 32.1. The van der Waals surface area contributed by atoms with Crippen LogP contribution in [0.3, 0.4) is 0 Å². The Morgan fingerprint density at radius 1 is 1.14 bits per heavy atom. The topological polar surface area (TPSA) is 50.6 Å². The van der Waals surface area contributed by atoms with Crippen molar-refractivity contribution in [1.82, 2.24) is 0 Å². The predicted molar refractivity (Wildman–Crippen MR) is 118 cm³/mol. The van der Waals surface area contributed by atoms with E-state index < -0.39 is 0 Å². The first-order valence-corrected chi connectivity index (χ1v) is 11.7. The minimum absolute atomic E-state index is 0.0342. The second-order valence-corrected chi connectivity index (χ2v) is 9.82. The zero-order chi connectivity index (χ0) is 20.4. The predicted octanol–water partition coefficient (Wildman–Crippen LogP) is 3.42. The monoisotopic (exact) mass is 411 g/mol. The number of rotatable bonds is 5. The Labute approximate surface area is 177 Å². The molecule has 4 rings (SSSR count). The number of quaternary nitrogens is 1. The molecule has 4 nitrogen and oxygen atoms in total. The van der Waals surface area contributed by atoms with Gasteiger partial charge in [0.2, 0.25) is 0 Å². The number of piperidine rings is 1. The molecule has 0 spiro atoms. The first kappa shape index (κ1) is 20.3. The van der Waals surface area contributed by atoms with Gasteiger partial charge in [0, 0.05) is 10.4 Å². The smallest absolute Gasteiger partial charge is 0.280 e. The highest BCUT2D eigenvalue weighted by Gasteiger charge is 2.28. The molecule has 1 fully saturated rings. The molecule has 29 heavy (non-hydrogen) atoms. The molecular weight excluding hydrogens is 380 g/mol. The van der Waals surface area contributed by atoms with Crippen molar-refractivity contribution in [3.8, 4) is 0 Å². The number of aryl methyl sites for hydroxylation is 2. The maximum atomic E-state index is 13.5. The Kier molecular flexibility index (Phi) is 6.16. The lowest BCUT2D eigenvalue weighted by atomic mass is 9.91. The average molecular weight is 412 g/mol. The number of fused-ring (bicyclic) bond motifs is 1. The van der Waals surface area contributed by atoms with Crippen molar-refractivity contribution < 1.29 is 14.5 Å². The van der Waals surface area contributed by atoms with Gasteiger partial charge in [-0.2, -0.15) is 0 Å². The summed E-state index contributed by atoms with van der Waals surface area (Å²) in [5, 5.41) is 3.90. The minimum Gasteiger partial charge on any atom is -0.327 e. The molecule has 0 atom stereocenters. The Bertz CT molecular complexity index is 910. The van der Waals surface area contributed by atoms with Crippen molar-refractivity contribution in [3.63, 3.8) is 0 Å². The first-order valence-electron chi connectivity index (χ1n) is 10.9. The molecule has 2 heterocycles. The summed E-state index contributed by atoms with van der Waals surface area (Å²) in [6.07, 6.45) is 6.60. The van der Waals surface area contributed by atoms with Crippen LogP contribution in [0, 0.1) is 12.8 Å². The second kappa shape index (κ2) is 8.80. The van der Waals surface area contributed by atoms with E-state index in [1.165, 1.54) is 28.2 Å². The number of carbonyl (C=O) groups excluding carboxylic acids is 2. The number of carbonyl (C=O) groups is 2. The van der Waals surface area contributed by atoms with Gasteiger partial charge in [-0.05, 0) is 62.5 Å². The van der Waals surface area contributed by atoms with Crippen molar-refractivity contribution >= 4 is 28.0 Å². The van der Waals surface area contributed by atoms with Gasteiger partial charge < -0.3 is 10.2 Å². The van der Waals surface area contributed by atoms with E-state index in [0.717, 1.165) is 66.4 Å². The third-order valence-corrected chi connectivity index (χ3v) is 7.64. The third-order valence-electron chi connectivity index (χ3n) is 6.43. The van der Waals surface area contributed by atoms with Crippen LogP contribution in [0.1, 0.15) is 64.5 Å². The summed E-state index contributed by atoms with van der Waals surface area (Å²) < 4.78 is 0. The molecule has 0 radical (unpaired) electrons. The fraction of sp³-hybridized carbons (Fsp3) is 0.500. The molecule has 2 aromatic rings. The number of likely N-dealkylation sites (tertiary alicyclic amines) is 1. The number of hydrogen-bond donors (Lipinski definition) is 2. The highest BCUT2D eigenvalue weighted by Crippen LogP contribution is 2.39. The Morgan fingerprint density at radius 2 is 1.86 bits per heavy atom. The molecule has 1 aliphatic heterocycles. The van der Waals surface area contributed by atoms with Gasteiger partial charge in [0.05, 0.1) is 18.7 Å². The van der Waals surface area contributed by atoms with Crippen molar-refractivity contribution in [3.05, 3.63) is 51.4 Å². The van der Waals surface area contributed by atoms with Crippen LogP contribution in [0.25, 0.3) is 0 Å². The molecule has 0 unspecified atom stereocenters. The summed E-state index contributed by atoms with van der Waals surface area (Å²) in [5.74, 6) is 0.855. The van der Waals surface area contributed by atoms with Crippen LogP contribution >= 0.6 is 11.3 Å². The highest BCUT2D eigenvalue weighted by molar-refractivity contribution is 7.17. The van der Waals surface area contributed by atoms with Crippen LogP contribution in [-0.4, -0.2) is 31.3 Å². The van der Waals surface area contributed by atoms with Crippen LogP contribution in [-0.2, 0) is 17.6 Å². The van der Waals surface area contributed by atoms with Gasteiger partial charge in [0.15, 0.2) is 12.3 Å². The fourth-order valence-corrected chi connectivity index (χ4v) is 5.90. The summed E-state index contributed by atoms with van der Waals surface area (Å²) in [5.41, 5.74) is 3.64. The number of thiophene rings is 1. The molecule has 1 aromatic carbocycles. The molecule has 1 amide bonds. The molecule has 5 heteroatoms. The lowest BCUT2D eigenvalue weighted by Gasteiger charge is -2.26. The van der Waals surface area contributed by atoms with E-state index in [0.29, 0.717) is 6.54 Å². The third kappa shape index (κ3) is 4.46. The molecule has 2 aliphatic rings. The molecule has 2 N–H and O–H groups in total. The van der Waals surface area contributed by atoms with Gasteiger partial charge in [-0.25, -0.2) is 0 Å². The average Bonchev–Trinajstić information content (AvgIpc) is 3.07. The number of hydrogen-bond acceptors (Lipinski definition) is 3. The maximum absolute atomic E-state index is 13.5. The Morgan fingerprint density at radius 3 is 2.62 bits per heavy atom. The van der Waals surface area contributed by atoms with E-state index in [-0.39, 0.29) is 11.7 Å². The van der Waals surface area contributed by atoms with Gasteiger partial charge >= 0.3 is 0 Å². The molecule has 1 aliphatic carbocycles. The summed E-state index contributed by atoms with van der Waals surface area (Å²) in [6.45, 7) is 6.88. The molecular formula is C24H31N2O2S+. The fourth-order valence-electron chi connectivity index (χ4n) is 4.60. The van der Waals surface area contributed by atoms with E-state index in [2.05, 4.69) is 12.2 Å². The van der Waals surface area contributed by atoms with Crippen LogP contribution < -0.4 is 10.2 Å². The largest absolute Gasteiger partial charge is 0.327 e. The van der Waals surface area contributed by atoms with E-state index in [1.54, 1.807) is 11.3 Å². The number of anilines is 1. The standard InChI is InChI=1S/C24H30N2O2S/c1-16-11-13-26(14-12-16)15-21(27)25-24-22(19-9-5-6-10-20(19)29-24)23(28)18-8-4-3-7-17(18)2/h3-4,7-8,16H,5-6,9-15H2,1-2H3,(H,25,27)/p+1. The van der Waals surface area contributed by atoms with Crippen LogP contribution in [0.5, 0.6) is 0 Å². The van der Waals surface area contributed by atoms with Crippen molar-refractivity contribution in [2.24, 2.45) is 5.92 Å². The lowest BCUT2D eigenvalue weighted by molar-refractivity contribution is -0.897. The first-order chi connectivity index (χ1) is 14.0. The Hall–Kier alpha value is -1.98. The normalized spacial score (nSPS) is 21.4. The van der Waals surface area contributed by atoms with Gasteiger partial charge in [-0.1, -0.05) is 31.2 Å². The van der Waals surface area contributed by atoms with Crippen molar-refractivity contribution in [2.45, 2.75) is 52.4 Å². The van der Waals surface area contributed by atoms with Gasteiger partial charge in [0.1, 0.15) is 5.00 Å². The van der Waals surface area contributed by atoms with Gasteiger partial charge in [0.25, 0.3) is 5.91 Å². The number of nitrogens with one attached hydrogen (secondary N) is 2. The lowest BCUT2D eigenvalue weighted by Crippen LogP contribution is -3.14. The van der Waals surface area contributed by atoms with Crippen molar-refractivity contribution in [1.29, 1.82) is 0 Å². The molecule has 154 valence electrons. The van der Waals surface area contributed by atoms with Gasteiger partial charge in [-0.3, -0.25) is 9.59 Å². The minimum atomic E-state index is 0.0342. The second-order valence-electron chi connectivity index (χ2n) is 8.72. The zero-order valence-corrected chi connectivity index (χ0v) is 18.3. The number of amides is 1. The number of ketones is 1. The zero-order valence-electron chi connectivity index (χ0n) is 17.5. The van der Waals surface area contributed by atoms with Crippen molar-refractivity contribution in [2.75, 3.05) is 25.0 Å². The quantitative estimate of drug-likeness (QED) is 0.741. The molecule has 0 saturated carbocycles. The molecule has 1 aromatic heterocycles. The summed E-state index contributed by atoms with van der Waals surface area (Å²) in [4.78, 5) is 28.9. The van der Waals surface area contributed by atoms with E-state index in [9.17, 15) is 9.59 Å². The molecule has 1 saturated heterocycles. The number of benzene rings is 1. The summed E-state index contributed by atoms with van der Waals surface area (Å²) in [6, 6.07) is 7.75. The SMILES string of the molecule is Cc1ccccc1C(=O)c1c(NC(=O)C[NH+]2CCC(C)CC2)sc2c1CCCC2. The maximum Gasteiger partial charge on any atom is 0.280 e. The van der Waals surface area contributed by atoms with E-state index in [4.69, 9.17) is 0 Å². The van der Waals surface area contributed by atoms with E-state index in [1.807, 2.05) is 31.2 Å². The summed E-state index contributed by atoms with van der Waals surface area (Å²) in [7, 11) is 0. The van der Waals surface area contributed by atoms with E-state index >= 15 is 0 Å².